The molecule has 166 valence electrons. The van der Waals surface area contributed by atoms with Crippen molar-refractivity contribution in [1.82, 2.24) is 19.7 Å². The second kappa shape index (κ2) is 11.2. The molecule has 3 rings (SSSR count). The quantitative estimate of drug-likeness (QED) is 0.410. The van der Waals surface area contributed by atoms with Crippen molar-refractivity contribution in [1.29, 1.82) is 0 Å². The number of carbonyl (C=O) groups excluding carboxylic acids is 1. The van der Waals surface area contributed by atoms with E-state index in [0.29, 0.717) is 19.7 Å². The average molecular weight is 418 g/mol. The van der Waals surface area contributed by atoms with E-state index < -0.39 is 0 Å². The van der Waals surface area contributed by atoms with E-state index in [2.05, 4.69) is 17.1 Å². The van der Waals surface area contributed by atoms with Crippen LogP contribution in [0.2, 0.25) is 0 Å². The van der Waals surface area contributed by atoms with E-state index in [4.69, 9.17) is 9.73 Å². The molecule has 0 saturated carbocycles. The Bertz CT molecular complexity index is 777. The van der Waals surface area contributed by atoms with Gasteiger partial charge in [-0.25, -0.2) is 0 Å². The number of rotatable bonds is 7. The van der Waals surface area contributed by atoms with Gasteiger partial charge >= 0.3 is 0 Å². The van der Waals surface area contributed by atoms with E-state index in [0.717, 1.165) is 70.1 Å². The topological polar surface area (TPSA) is 79.2 Å². The summed E-state index contributed by atoms with van der Waals surface area (Å²) in [4.78, 5) is 33.4. The Morgan fingerprint density at radius 3 is 2.63 bits per heavy atom. The predicted octanol–water partition coefficient (Wildman–Crippen LogP) is 1.23. The van der Waals surface area contributed by atoms with Crippen LogP contribution < -0.4 is 10.9 Å². The lowest BCUT2D eigenvalue weighted by Crippen LogP contribution is -2.55. The Balaban J connectivity index is 1.45. The maximum Gasteiger partial charge on any atom is 0.251 e. The Kier molecular flexibility index (Phi) is 8.30. The molecule has 1 unspecified atom stereocenters. The molecule has 2 aliphatic heterocycles. The number of nitrogens with one attached hydrogen (secondary N) is 1. The van der Waals surface area contributed by atoms with Gasteiger partial charge < -0.3 is 24.4 Å². The van der Waals surface area contributed by atoms with Gasteiger partial charge in [-0.3, -0.25) is 14.6 Å². The van der Waals surface area contributed by atoms with Crippen LogP contribution in [0.15, 0.2) is 28.0 Å². The molecule has 0 aliphatic carbocycles. The molecular formula is C22H35N5O3. The average Bonchev–Trinajstić information content (AvgIpc) is 3.29. The largest absolute Gasteiger partial charge is 0.368 e. The highest BCUT2D eigenvalue weighted by atomic mass is 16.5. The summed E-state index contributed by atoms with van der Waals surface area (Å²) < 4.78 is 7.36. The first-order chi connectivity index (χ1) is 14.6. The normalized spacial score (nSPS) is 19.9. The molecule has 1 N–H and O–H groups in total. The smallest absolute Gasteiger partial charge is 0.251 e. The Labute approximate surface area is 178 Å². The highest BCUT2D eigenvalue weighted by Gasteiger charge is 2.30. The van der Waals surface area contributed by atoms with E-state index >= 15 is 0 Å². The van der Waals surface area contributed by atoms with Gasteiger partial charge in [0.2, 0.25) is 0 Å². The zero-order valence-electron chi connectivity index (χ0n) is 18.3. The second-order valence-electron chi connectivity index (χ2n) is 7.91. The number of guanidine groups is 1. The number of unbranched alkanes of at least 4 members (excludes halogenated alkanes) is 1. The van der Waals surface area contributed by atoms with Crippen molar-refractivity contribution in [2.45, 2.75) is 52.2 Å². The van der Waals surface area contributed by atoms with E-state index in [9.17, 15) is 9.59 Å². The fourth-order valence-corrected chi connectivity index (χ4v) is 4.02. The number of aliphatic imine (C=N–C) groups is 1. The summed E-state index contributed by atoms with van der Waals surface area (Å²) in [5, 5.41) is 3.37. The monoisotopic (exact) mass is 417 g/mol. The number of aromatic nitrogens is 1. The fraction of sp³-hybridized carbons (Fsp3) is 0.682. The Morgan fingerprint density at radius 2 is 1.97 bits per heavy atom. The van der Waals surface area contributed by atoms with Gasteiger partial charge in [0.05, 0.1) is 0 Å². The molecule has 8 heteroatoms. The van der Waals surface area contributed by atoms with Gasteiger partial charge in [0.1, 0.15) is 6.10 Å². The van der Waals surface area contributed by atoms with Crippen LogP contribution in [0.1, 0.15) is 38.3 Å². The first-order valence-corrected chi connectivity index (χ1v) is 11.2. The number of ether oxygens (including phenoxy) is 1. The van der Waals surface area contributed by atoms with Crippen molar-refractivity contribution in [2.75, 3.05) is 45.9 Å². The lowest BCUT2D eigenvalue weighted by molar-refractivity contribution is -0.142. The number of amides is 1. The summed E-state index contributed by atoms with van der Waals surface area (Å²) in [6.07, 6.45) is 3.42. The number of carbonyl (C=O) groups is 1. The standard InChI is InChI=1S/C22H35N5O3/c1-3-23-22(24-11-4-5-12-27-18(2)8-6-10-20(27)28)26-15-13-25(14-16-26)21(29)19-9-7-17-30-19/h6,8,10,19H,3-5,7,9,11-17H2,1-2H3,(H,23,24). The van der Waals surface area contributed by atoms with E-state index in [1.807, 2.05) is 22.5 Å². The molecule has 2 aliphatic rings. The number of piperazine rings is 1. The Hall–Kier alpha value is -2.35. The Morgan fingerprint density at radius 1 is 1.20 bits per heavy atom. The molecule has 1 amide bonds. The lowest BCUT2D eigenvalue weighted by atomic mass is 10.2. The van der Waals surface area contributed by atoms with E-state index in [-0.39, 0.29) is 17.6 Å². The maximum absolute atomic E-state index is 12.5. The molecule has 0 bridgehead atoms. The van der Waals surface area contributed by atoms with Crippen LogP contribution in [0.25, 0.3) is 0 Å². The minimum absolute atomic E-state index is 0.0576. The van der Waals surface area contributed by atoms with Crippen LogP contribution in [0.3, 0.4) is 0 Å². The molecule has 30 heavy (non-hydrogen) atoms. The highest BCUT2D eigenvalue weighted by Crippen LogP contribution is 2.16. The molecule has 8 nitrogen and oxygen atoms in total. The van der Waals surface area contributed by atoms with Crippen molar-refractivity contribution < 1.29 is 9.53 Å². The minimum atomic E-state index is -0.237. The zero-order chi connectivity index (χ0) is 21.3. The predicted molar refractivity (Wildman–Crippen MR) is 118 cm³/mol. The first-order valence-electron chi connectivity index (χ1n) is 11.2. The number of pyridine rings is 1. The molecule has 3 heterocycles. The summed E-state index contributed by atoms with van der Waals surface area (Å²) in [5.41, 5.74) is 1.05. The van der Waals surface area contributed by atoms with Crippen LogP contribution in [0, 0.1) is 6.92 Å². The fourth-order valence-electron chi connectivity index (χ4n) is 4.02. The first kappa shape index (κ1) is 22.3. The molecule has 0 spiro atoms. The summed E-state index contributed by atoms with van der Waals surface area (Å²) in [5.74, 6) is 1.05. The third-order valence-corrected chi connectivity index (χ3v) is 5.75. The maximum atomic E-state index is 12.5. The van der Waals surface area contributed by atoms with Gasteiger partial charge in [0.25, 0.3) is 11.5 Å². The molecule has 0 radical (unpaired) electrons. The number of hydrogen-bond acceptors (Lipinski definition) is 4. The molecule has 1 aromatic rings. The second-order valence-corrected chi connectivity index (χ2v) is 7.91. The summed E-state index contributed by atoms with van der Waals surface area (Å²) in [6.45, 7) is 9.96. The van der Waals surface area contributed by atoms with Crippen molar-refractivity contribution >= 4 is 11.9 Å². The molecule has 2 saturated heterocycles. The van der Waals surface area contributed by atoms with Crippen LogP contribution in [-0.2, 0) is 16.1 Å². The molecule has 2 fully saturated rings. The third-order valence-electron chi connectivity index (χ3n) is 5.75. The van der Waals surface area contributed by atoms with Gasteiger partial charge in [-0.2, -0.15) is 0 Å². The van der Waals surface area contributed by atoms with E-state index in [1.165, 1.54) is 0 Å². The number of aryl methyl sites for hydroxylation is 1. The molecule has 1 atom stereocenters. The molecule has 0 aromatic carbocycles. The highest BCUT2D eigenvalue weighted by molar-refractivity contribution is 5.82. The summed E-state index contributed by atoms with van der Waals surface area (Å²) in [6, 6.07) is 5.37. The van der Waals surface area contributed by atoms with Crippen molar-refractivity contribution in [3.8, 4) is 0 Å². The summed E-state index contributed by atoms with van der Waals surface area (Å²) in [7, 11) is 0. The number of hydrogen-bond donors (Lipinski definition) is 1. The van der Waals surface area contributed by atoms with Crippen LogP contribution in [0.4, 0.5) is 0 Å². The molecule has 1 aromatic heterocycles. The van der Waals surface area contributed by atoms with Gasteiger partial charge in [-0.15, -0.1) is 0 Å². The SMILES string of the molecule is CCNC(=NCCCCn1c(C)cccc1=O)N1CCN(C(=O)C2CCCO2)CC1. The van der Waals surface area contributed by atoms with Crippen LogP contribution in [-0.4, -0.2) is 78.2 Å². The van der Waals surface area contributed by atoms with Gasteiger partial charge in [-0.1, -0.05) is 6.07 Å². The summed E-state index contributed by atoms with van der Waals surface area (Å²) >= 11 is 0. The zero-order valence-corrected chi connectivity index (χ0v) is 18.3. The molecular weight excluding hydrogens is 382 g/mol. The minimum Gasteiger partial charge on any atom is -0.368 e. The van der Waals surface area contributed by atoms with Gasteiger partial charge in [0, 0.05) is 64.2 Å². The van der Waals surface area contributed by atoms with Crippen LogP contribution in [0.5, 0.6) is 0 Å². The van der Waals surface area contributed by atoms with Gasteiger partial charge in [0.15, 0.2) is 5.96 Å². The van der Waals surface area contributed by atoms with Crippen LogP contribution >= 0.6 is 0 Å². The van der Waals surface area contributed by atoms with Gasteiger partial charge in [-0.05, 0) is 45.6 Å². The number of nitrogens with zero attached hydrogens (tertiary/aromatic N) is 4. The van der Waals surface area contributed by atoms with Crippen molar-refractivity contribution in [2.24, 2.45) is 4.99 Å². The van der Waals surface area contributed by atoms with E-state index in [1.54, 1.807) is 12.1 Å². The lowest BCUT2D eigenvalue weighted by Gasteiger charge is -2.37. The van der Waals surface area contributed by atoms with Crippen molar-refractivity contribution in [3.63, 3.8) is 0 Å². The van der Waals surface area contributed by atoms with Crippen molar-refractivity contribution in [3.05, 3.63) is 34.2 Å². The third kappa shape index (κ3) is 5.84.